The molecule has 3 unspecified atom stereocenters. The number of hydrogen-bond acceptors (Lipinski definition) is 6. The van der Waals surface area contributed by atoms with E-state index in [-0.39, 0.29) is 0 Å². The minimum Gasteiger partial charge on any atom is -0.310 e. The fourth-order valence-corrected chi connectivity index (χ4v) is 20.1. The zero-order valence-electron chi connectivity index (χ0n) is 82.4. The SMILES string of the molecule is CCC(C)c1ccc(N(c2ccc(N(c3ccc(-c4ccccc4)cc3)c3ccc4ccccc4c3)cc2)c2cccc3ccccc23)cc1.CCC(C)c1ccc(N(c2ccc(N(c3ccc(-c4ccccc4)cc3)c3cccc4ccccc34)cc2)c2cccc3ccccc23)cc1.CCC(C)c1ccc(N(c2ccc(N(c3ccccc3)c3ccc4ccccc4c3)cc2)c2cccc3ccccc23)cc1. The molecule has 0 N–H and O–H groups in total. The monoisotopic (exact) mass is 1860 g/mol. The minimum atomic E-state index is 0.524. The van der Waals surface area contributed by atoms with Crippen LogP contribution in [0.4, 0.5) is 102 Å². The highest BCUT2D eigenvalue weighted by Crippen LogP contribution is 2.49. The van der Waals surface area contributed by atoms with E-state index in [9.17, 15) is 0 Å². The van der Waals surface area contributed by atoms with Crippen LogP contribution in [0.3, 0.4) is 0 Å². The van der Waals surface area contributed by atoms with Crippen molar-refractivity contribution in [3.05, 3.63) is 557 Å². The van der Waals surface area contributed by atoms with Gasteiger partial charge < -0.3 is 29.4 Å². The molecule has 23 rings (SSSR count). The van der Waals surface area contributed by atoms with Gasteiger partial charge in [-0.2, -0.15) is 0 Å². The zero-order chi connectivity index (χ0) is 97.6. The van der Waals surface area contributed by atoms with E-state index in [2.05, 4.69) is 611 Å². The molecule has 0 aliphatic carbocycles. The fourth-order valence-electron chi connectivity index (χ4n) is 20.1. The summed E-state index contributed by atoms with van der Waals surface area (Å²) in [5.74, 6) is 1.58. The van der Waals surface area contributed by atoms with E-state index in [1.54, 1.807) is 0 Å². The van der Waals surface area contributed by atoms with Gasteiger partial charge in [-0.3, -0.25) is 0 Å². The molecule has 0 aromatic heterocycles. The lowest BCUT2D eigenvalue weighted by Gasteiger charge is -2.30. The maximum atomic E-state index is 2.39. The van der Waals surface area contributed by atoms with Gasteiger partial charge in [0.05, 0.1) is 22.7 Å². The summed E-state index contributed by atoms with van der Waals surface area (Å²) in [5, 5.41) is 14.7. The highest BCUT2D eigenvalue weighted by molar-refractivity contribution is 6.04. The van der Waals surface area contributed by atoms with Crippen LogP contribution in [-0.2, 0) is 0 Å². The lowest BCUT2D eigenvalue weighted by molar-refractivity contribution is 0.733. The van der Waals surface area contributed by atoms with Crippen LogP contribution < -0.4 is 29.4 Å². The van der Waals surface area contributed by atoms with Crippen LogP contribution in [-0.4, -0.2) is 0 Å². The number of anilines is 18. The molecular formula is C138H116N6. The standard InChI is InChI=1S/2C48H40N2.C42H36N2/c1-3-35(2)36-23-27-41(28-24-36)49(47-21-11-17-39-15-7-9-19-45(39)47)43-31-33-44(34-32-43)50(48-22-12-18-40-16-8-10-20-46(40)48)42-29-25-38(26-30-42)37-13-5-4-6-14-37;1-3-35(2)36-20-25-44(26-21-36)50(48-19-11-17-40-15-9-10-18-47(40)48)45-32-30-43(31-33-45)49(46-29-24-38-14-7-8-16-41(38)34-46)42-27-22-39(23-28-42)37-12-5-4-6-13-37;1-3-31(2)32-20-23-38(24-21-32)44(42-19-11-15-34-13-9-10-18-41(34)42)39-28-26-37(27-29-39)43(36-16-5-4-6-17-36)40-25-22-33-12-7-8-14-35(33)30-40/h2*4-35H,3H2,1-2H3;4-31H,3H2,1-2H3. The molecule has 0 fully saturated rings. The molecule has 0 heterocycles. The van der Waals surface area contributed by atoms with Crippen LogP contribution in [0.15, 0.2) is 540 Å². The Balaban J connectivity index is 0.000000128. The van der Waals surface area contributed by atoms with Crippen molar-refractivity contribution in [2.45, 2.75) is 78.6 Å². The van der Waals surface area contributed by atoms with Crippen molar-refractivity contribution < 1.29 is 0 Å². The first-order valence-electron chi connectivity index (χ1n) is 50.7. The van der Waals surface area contributed by atoms with Crippen LogP contribution in [0.25, 0.3) is 86.9 Å². The summed E-state index contributed by atoms with van der Waals surface area (Å²) < 4.78 is 0. The molecule has 23 aromatic carbocycles. The number of para-hydroxylation sites is 1. The van der Waals surface area contributed by atoms with Crippen molar-refractivity contribution in [3.8, 4) is 22.3 Å². The average Bonchev–Trinajstić information content (AvgIpc) is 0.775. The fraction of sp³-hybridized carbons (Fsp3) is 0.0870. The summed E-state index contributed by atoms with van der Waals surface area (Å²) in [7, 11) is 0. The van der Waals surface area contributed by atoms with E-state index < -0.39 is 0 Å². The Bertz CT molecular complexity index is 8260. The van der Waals surface area contributed by atoms with Gasteiger partial charge in [0.2, 0.25) is 0 Å². The first-order chi connectivity index (χ1) is 71.0. The Labute approximate surface area is 847 Å². The van der Waals surface area contributed by atoms with Crippen molar-refractivity contribution in [2.24, 2.45) is 0 Å². The Morgan fingerprint density at radius 1 is 0.139 bits per heavy atom. The van der Waals surface area contributed by atoms with Gasteiger partial charge in [0.25, 0.3) is 0 Å². The van der Waals surface area contributed by atoms with Crippen molar-refractivity contribution in [1.82, 2.24) is 0 Å². The topological polar surface area (TPSA) is 19.4 Å². The highest BCUT2D eigenvalue weighted by atomic mass is 15.2. The summed E-state index contributed by atoms with van der Waals surface area (Å²) in [5.41, 5.74) is 29.3. The van der Waals surface area contributed by atoms with E-state index in [0.717, 1.165) is 116 Å². The Kier molecular flexibility index (Phi) is 27.7. The first-order valence-corrected chi connectivity index (χ1v) is 50.7. The molecule has 0 aliphatic rings. The largest absolute Gasteiger partial charge is 0.310 e. The summed E-state index contributed by atoms with van der Waals surface area (Å²) in [4.78, 5) is 14.2. The lowest BCUT2D eigenvalue weighted by Crippen LogP contribution is -2.13. The van der Waals surface area contributed by atoms with Gasteiger partial charge >= 0.3 is 0 Å². The van der Waals surface area contributed by atoms with Crippen LogP contribution in [0.5, 0.6) is 0 Å². The molecule has 0 bridgehead atoms. The van der Waals surface area contributed by atoms with Gasteiger partial charge in [-0.05, 0) is 313 Å². The first kappa shape index (κ1) is 92.8. The van der Waals surface area contributed by atoms with Gasteiger partial charge in [-0.1, -0.05) is 387 Å². The number of fused-ring (bicyclic) bond motifs is 6. The number of rotatable bonds is 26. The third-order valence-corrected chi connectivity index (χ3v) is 28.6. The molecule has 0 aliphatic heterocycles. The lowest BCUT2D eigenvalue weighted by atomic mass is 9.98. The molecule has 0 radical (unpaired) electrons. The van der Waals surface area contributed by atoms with Gasteiger partial charge in [0.1, 0.15) is 0 Å². The molecule has 0 amide bonds. The van der Waals surface area contributed by atoms with Crippen LogP contribution in [0.1, 0.15) is 95.2 Å². The molecule has 3 atom stereocenters. The van der Waals surface area contributed by atoms with Crippen LogP contribution in [0, 0.1) is 0 Å². The molecule has 0 saturated carbocycles. The normalized spacial score (nSPS) is 11.8. The van der Waals surface area contributed by atoms with Crippen molar-refractivity contribution in [3.63, 3.8) is 0 Å². The third kappa shape index (κ3) is 19.9. The van der Waals surface area contributed by atoms with Gasteiger partial charge in [0.15, 0.2) is 0 Å². The van der Waals surface area contributed by atoms with Gasteiger partial charge in [-0.25, -0.2) is 0 Å². The maximum absolute atomic E-state index is 2.39. The van der Waals surface area contributed by atoms with Crippen LogP contribution in [0.2, 0.25) is 0 Å². The van der Waals surface area contributed by atoms with E-state index in [1.165, 1.54) is 109 Å². The maximum Gasteiger partial charge on any atom is 0.0540 e. The second kappa shape index (κ2) is 43.0. The highest BCUT2D eigenvalue weighted by Gasteiger charge is 2.25. The molecule has 6 nitrogen and oxygen atoms in total. The predicted octanol–water partition coefficient (Wildman–Crippen LogP) is 40.7. The second-order valence-electron chi connectivity index (χ2n) is 37.5. The molecule has 6 heteroatoms. The van der Waals surface area contributed by atoms with E-state index in [0.29, 0.717) is 17.8 Å². The van der Waals surface area contributed by atoms with Crippen LogP contribution >= 0.6 is 0 Å². The third-order valence-electron chi connectivity index (χ3n) is 28.6. The quantitative estimate of drug-likeness (QED) is 0.0534. The molecule has 0 spiro atoms. The second-order valence-corrected chi connectivity index (χ2v) is 37.5. The van der Waals surface area contributed by atoms with Gasteiger partial charge in [0, 0.05) is 101 Å². The molecular weight excluding hydrogens is 1740 g/mol. The summed E-state index contributed by atoms with van der Waals surface area (Å²) >= 11 is 0. The van der Waals surface area contributed by atoms with E-state index >= 15 is 0 Å². The average molecular weight is 1860 g/mol. The Morgan fingerprint density at radius 2 is 0.319 bits per heavy atom. The Morgan fingerprint density at radius 3 is 0.576 bits per heavy atom. The van der Waals surface area contributed by atoms with Crippen molar-refractivity contribution >= 4 is 167 Å². The molecule has 23 aromatic rings. The summed E-state index contributed by atoms with van der Waals surface area (Å²) in [6.07, 6.45) is 3.37. The smallest absolute Gasteiger partial charge is 0.0540 e. The van der Waals surface area contributed by atoms with Crippen molar-refractivity contribution in [2.75, 3.05) is 29.4 Å². The zero-order valence-corrected chi connectivity index (χ0v) is 82.4. The number of benzene rings is 23. The van der Waals surface area contributed by atoms with Gasteiger partial charge in [-0.15, -0.1) is 0 Å². The van der Waals surface area contributed by atoms with E-state index in [4.69, 9.17) is 0 Å². The summed E-state index contributed by atoms with van der Waals surface area (Å²) in [6.45, 7) is 13.6. The summed E-state index contributed by atoms with van der Waals surface area (Å²) in [6, 6.07) is 195. The number of hydrogen-bond donors (Lipinski definition) is 0. The van der Waals surface area contributed by atoms with E-state index in [1.807, 2.05) is 0 Å². The predicted molar refractivity (Wildman–Crippen MR) is 619 cm³/mol. The molecule has 698 valence electrons. The molecule has 144 heavy (non-hydrogen) atoms. The van der Waals surface area contributed by atoms with Crippen molar-refractivity contribution in [1.29, 1.82) is 0 Å². The molecule has 0 saturated heterocycles. The number of nitrogens with zero attached hydrogens (tertiary/aromatic N) is 6. The minimum absolute atomic E-state index is 0.524. The Hall–Kier alpha value is -17.6.